The zero-order chi connectivity index (χ0) is 15.6. The maximum absolute atomic E-state index is 12.4. The van der Waals surface area contributed by atoms with Crippen molar-refractivity contribution in [3.05, 3.63) is 28.8 Å². The quantitative estimate of drug-likeness (QED) is 0.888. The molecule has 0 unspecified atom stereocenters. The Labute approximate surface area is 129 Å². The standard InChI is InChI=1S/C14H18ClNO4S/c1-9-3-2-4-12(13(9)15)21(19,20)16-11-7-5-10(6-8-11)14(17)18/h2-4,10-11,16H,5-8H2,1H3,(H,17,18). The fraction of sp³-hybridized carbons (Fsp3) is 0.500. The van der Waals surface area contributed by atoms with E-state index in [0.29, 0.717) is 31.2 Å². The number of hydrogen-bond acceptors (Lipinski definition) is 3. The van der Waals surface area contributed by atoms with E-state index in [9.17, 15) is 13.2 Å². The van der Waals surface area contributed by atoms with Gasteiger partial charge in [0.2, 0.25) is 10.0 Å². The zero-order valence-electron chi connectivity index (χ0n) is 11.7. The van der Waals surface area contributed by atoms with E-state index in [2.05, 4.69) is 4.72 Å². The number of carboxylic acids is 1. The van der Waals surface area contributed by atoms with Crippen LogP contribution in [-0.4, -0.2) is 25.5 Å². The average molecular weight is 332 g/mol. The van der Waals surface area contributed by atoms with E-state index in [1.54, 1.807) is 19.1 Å². The first-order valence-electron chi connectivity index (χ1n) is 6.81. The summed E-state index contributed by atoms with van der Waals surface area (Å²) in [5, 5.41) is 9.17. The molecule has 1 saturated carbocycles. The molecule has 2 rings (SSSR count). The van der Waals surface area contributed by atoms with Crippen LogP contribution in [0.15, 0.2) is 23.1 Å². The van der Waals surface area contributed by atoms with Gasteiger partial charge in [0, 0.05) is 6.04 Å². The molecule has 1 aromatic rings. The molecule has 2 N–H and O–H groups in total. The normalized spacial score (nSPS) is 23.0. The number of sulfonamides is 1. The molecule has 0 bridgehead atoms. The molecule has 0 spiro atoms. The summed E-state index contributed by atoms with van der Waals surface area (Å²) in [5.41, 5.74) is 0.703. The number of hydrogen-bond donors (Lipinski definition) is 2. The average Bonchev–Trinajstić information content (AvgIpc) is 2.41. The lowest BCUT2D eigenvalue weighted by Gasteiger charge is -2.26. The van der Waals surface area contributed by atoms with Gasteiger partial charge in [0.15, 0.2) is 0 Å². The predicted octanol–water partition coefficient (Wildman–Crippen LogP) is 2.57. The highest BCUT2D eigenvalue weighted by Gasteiger charge is 2.29. The van der Waals surface area contributed by atoms with Crippen molar-refractivity contribution in [2.75, 3.05) is 0 Å². The van der Waals surface area contributed by atoms with Crippen LogP contribution >= 0.6 is 11.6 Å². The van der Waals surface area contributed by atoms with E-state index in [1.165, 1.54) is 6.07 Å². The summed E-state index contributed by atoms with van der Waals surface area (Å²) in [5.74, 6) is -1.17. The Bertz CT molecular complexity index is 636. The largest absolute Gasteiger partial charge is 0.481 e. The Balaban J connectivity index is 2.09. The van der Waals surface area contributed by atoms with Gasteiger partial charge in [-0.1, -0.05) is 23.7 Å². The van der Waals surface area contributed by atoms with Crippen molar-refractivity contribution in [2.24, 2.45) is 5.92 Å². The zero-order valence-corrected chi connectivity index (χ0v) is 13.2. The summed E-state index contributed by atoms with van der Waals surface area (Å²) in [6.45, 7) is 1.75. The highest BCUT2D eigenvalue weighted by atomic mass is 35.5. The van der Waals surface area contributed by atoms with Gasteiger partial charge < -0.3 is 5.11 Å². The van der Waals surface area contributed by atoms with Crippen molar-refractivity contribution in [3.63, 3.8) is 0 Å². The lowest BCUT2D eigenvalue weighted by molar-refractivity contribution is -0.142. The number of halogens is 1. The van der Waals surface area contributed by atoms with E-state index < -0.39 is 16.0 Å². The van der Waals surface area contributed by atoms with Crippen LogP contribution in [0.25, 0.3) is 0 Å². The molecule has 1 aliphatic carbocycles. The van der Waals surface area contributed by atoms with E-state index in [1.807, 2.05) is 0 Å². The predicted molar refractivity (Wildman–Crippen MR) is 79.9 cm³/mol. The number of carbonyl (C=O) groups is 1. The Kier molecular flexibility index (Phi) is 4.91. The van der Waals surface area contributed by atoms with Gasteiger partial charge in [0.1, 0.15) is 4.90 Å². The minimum atomic E-state index is -3.68. The number of nitrogens with one attached hydrogen (secondary N) is 1. The molecule has 7 heteroatoms. The fourth-order valence-electron chi connectivity index (χ4n) is 2.57. The number of carboxylic acid groups (broad SMARTS) is 1. The van der Waals surface area contributed by atoms with Crippen LogP contribution in [0.5, 0.6) is 0 Å². The van der Waals surface area contributed by atoms with Crippen molar-refractivity contribution in [3.8, 4) is 0 Å². The second-order valence-corrected chi connectivity index (χ2v) is 7.46. The first-order valence-corrected chi connectivity index (χ1v) is 8.67. The van der Waals surface area contributed by atoms with Gasteiger partial charge >= 0.3 is 5.97 Å². The van der Waals surface area contributed by atoms with E-state index in [4.69, 9.17) is 16.7 Å². The maximum Gasteiger partial charge on any atom is 0.306 e. The third-order valence-electron chi connectivity index (χ3n) is 3.84. The van der Waals surface area contributed by atoms with Gasteiger partial charge in [-0.15, -0.1) is 0 Å². The van der Waals surface area contributed by atoms with Crippen molar-refractivity contribution >= 4 is 27.6 Å². The lowest BCUT2D eigenvalue weighted by Crippen LogP contribution is -2.38. The first-order chi connectivity index (χ1) is 9.81. The summed E-state index contributed by atoms with van der Waals surface area (Å²) in [7, 11) is -3.68. The van der Waals surface area contributed by atoms with E-state index in [-0.39, 0.29) is 21.9 Å². The van der Waals surface area contributed by atoms with Gasteiger partial charge in [0.25, 0.3) is 0 Å². The van der Waals surface area contributed by atoms with Gasteiger partial charge in [-0.05, 0) is 44.2 Å². The third-order valence-corrected chi connectivity index (χ3v) is 6.02. The first kappa shape index (κ1) is 16.3. The van der Waals surface area contributed by atoms with Crippen molar-refractivity contribution in [1.29, 1.82) is 0 Å². The minimum absolute atomic E-state index is 0.0736. The highest BCUT2D eigenvalue weighted by molar-refractivity contribution is 7.89. The Hall–Kier alpha value is -1.11. The minimum Gasteiger partial charge on any atom is -0.481 e. The molecule has 1 aliphatic rings. The van der Waals surface area contributed by atoms with Crippen molar-refractivity contribution in [1.82, 2.24) is 4.72 Å². The molecule has 5 nitrogen and oxygen atoms in total. The summed E-state index contributed by atoms with van der Waals surface area (Å²) in [6, 6.07) is 4.64. The second-order valence-electron chi connectivity index (χ2n) is 5.40. The second kappa shape index (κ2) is 6.34. The molecule has 1 fully saturated rings. The fourth-order valence-corrected chi connectivity index (χ4v) is 4.46. The molecule has 0 amide bonds. The van der Waals surface area contributed by atoms with Crippen molar-refractivity contribution in [2.45, 2.75) is 43.5 Å². The number of aryl methyl sites for hydroxylation is 1. The van der Waals surface area contributed by atoms with Gasteiger partial charge in [-0.3, -0.25) is 4.79 Å². The third kappa shape index (κ3) is 3.75. The molecule has 0 aliphatic heterocycles. The van der Waals surface area contributed by atoms with E-state index >= 15 is 0 Å². The van der Waals surface area contributed by atoms with Crippen LogP contribution in [0, 0.1) is 12.8 Å². The SMILES string of the molecule is Cc1cccc(S(=O)(=O)NC2CCC(C(=O)O)CC2)c1Cl. The molecule has 0 radical (unpaired) electrons. The van der Waals surface area contributed by atoms with Crippen molar-refractivity contribution < 1.29 is 18.3 Å². The van der Waals surface area contributed by atoms with Crippen LogP contribution in [0.3, 0.4) is 0 Å². The summed E-state index contributed by atoms with van der Waals surface area (Å²) in [4.78, 5) is 11.0. The molecule has 0 atom stereocenters. The lowest BCUT2D eigenvalue weighted by atomic mass is 9.87. The highest BCUT2D eigenvalue weighted by Crippen LogP contribution is 2.28. The molecular formula is C14H18ClNO4S. The van der Waals surface area contributed by atoms with Crippen LogP contribution in [0.1, 0.15) is 31.2 Å². The van der Waals surface area contributed by atoms with Crippen LogP contribution in [0.2, 0.25) is 5.02 Å². The topological polar surface area (TPSA) is 83.5 Å². The van der Waals surface area contributed by atoms with Gasteiger partial charge in [-0.2, -0.15) is 0 Å². The molecule has 0 aromatic heterocycles. The summed E-state index contributed by atoms with van der Waals surface area (Å²) in [6.07, 6.45) is 2.04. The Morgan fingerprint density at radius 1 is 1.29 bits per heavy atom. The van der Waals surface area contributed by atoms with Crippen LogP contribution < -0.4 is 4.72 Å². The summed E-state index contributed by atoms with van der Waals surface area (Å²) >= 11 is 6.06. The molecular weight excluding hydrogens is 314 g/mol. The smallest absolute Gasteiger partial charge is 0.306 e. The van der Waals surface area contributed by atoms with Crippen LogP contribution in [-0.2, 0) is 14.8 Å². The Morgan fingerprint density at radius 2 is 1.90 bits per heavy atom. The number of aliphatic carboxylic acids is 1. The molecule has 0 saturated heterocycles. The monoisotopic (exact) mass is 331 g/mol. The Morgan fingerprint density at radius 3 is 2.48 bits per heavy atom. The molecule has 116 valence electrons. The van der Waals surface area contributed by atoms with Gasteiger partial charge in [-0.25, -0.2) is 13.1 Å². The summed E-state index contributed by atoms with van der Waals surface area (Å²) < 4.78 is 27.4. The molecule has 21 heavy (non-hydrogen) atoms. The van der Waals surface area contributed by atoms with Gasteiger partial charge in [0.05, 0.1) is 10.9 Å². The van der Waals surface area contributed by atoms with E-state index in [0.717, 1.165) is 0 Å². The number of rotatable bonds is 4. The number of benzene rings is 1. The maximum atomic E-state index is 12.4. The molecule has 0 heterocycles. The van der Waals surface area contributed by atoms with Crippen LogP contribution in [0.4, 0.5) is 0 Å². The molecule has 1 aromatic carbocycles.